The van der Waals surface area contributed by atoms with Gasteiger partial charge in [0.25, 0.3) is 0 Å². The molecule has 6 nitrogen and oxygen atoms in total. The molecule has 0 bridgehead atoms. The Labute approximate surface area is 120 Å². The molecular weight excluding hydrogens is 254 g/mol. The predicted molar refractivity (Wildman–Crippen MR) is 80.0 cm³/mol. The minimum atomic E-state index is 0.131. The maximum atomic E-state index is 11.7. The van der Waals surface area contributed by atoms with Gasteiger partial charge in [0.05, 0.1) is 0 Å². The molecule has 1 aliphatic rings. The summed E-state index contributed by atoms with van der Waals surface area (Å²) in [6, 6.07) is 0. The van der Waals surface area contributed by atoms with E-state index in [4.69, 9.17) is 0 Å². The monoisotopic (exact) mass is 277 g/mol. The predicted octanol–water partition coefficient (Wildman–Crippen LogP) is 1.04. The second-order valence-electron chi connectivity index (χ2n) is 5.00. The number of hydrogen-bond acceptors (Lipinski definition) is 5. The summed E-state index contributed by atoms with van der Waals surface area (Å²) in [6.45, 7) is 3.84. The molecule has 1 aliphatic heterocycles. The Morgan fingerprint density at radius 3 is 2.60 bits per heavy atom. The Hall–Kier alpha value is -1.85. The lowest BCUT2D eigenvalue weighted by molar-refractivity contribution is -0.125. The van der Waals surface area contributed by atoms with E-state index in [2.05, 4.69) is 32.4 Å². The van der Waals surface area contributed by atoms with Crippen LogP contribution < -0.4 is 15.5 Å². The Kier molecular flexibility index (Phi) is 4.76. The van der Waals surface area contributed by atoms with E-state index in [9.17, 15) is 4.79 Å². The lowest BCUT2D eigenvalue weighted by atomic mass is 9.95. The first-order valence-electron chi connectivity index (χ1n) is 7.19. The molecule has 1 amide bonds. The Morgan fingerprint density at radius 1 is 1.35 bits per heavy atom. The summed E-state index contributed by atoms with van der Waals surface area (Å²) in [5.41, 5.74) is 1.15. The molecule has 0 spiro atoms. The number of nitrogens with zero attached hydrogens (tertiary/aromatic N) is 3. The SMILES string of the molecule is CCc1c(NC)ncnc1N1CCC(C(=O)NC)CC1. The van der Waals surface area contributed by atoms with E-state index in [0.717, 1.165) is 49.6 Å². The van der Waals surface area contributed by atoms with Crippen LogP contribution in [0.15, 0.2) is 6.33 Å². The first-order valence-corrected chi connectivity index (χ1v) is 7.19. The van der Waals surface area contributed by atoms with Crippen molar-refractivity contribution in [3.8, 4) is 0 Å². The van der Waals surface area contributed by atoms with Crippen LogP contribution in [-0.2, 0) is 11.2 Å². The van der Waals surface area contributed by atoms with Crippen molar-refractivity contribution in [2.24, 2.45) is 5.92 Å². The third-order valence-corrected chi connectivity index (χ3v) is 3.92. The summed E-state index contributed by atoms with van der Waals surface area (Å²) >= 11 is 0. The summed E-state index contributed by atoms with van der Waals surface area (Å²) in [5, 5.41) is 5.86. The van der Waals surface area contributed by atoms with Crippen LogP contribution in [0.4, 0.5) is 11.6 Å². The van der Waals surface area contributed by atoms with Gasteiger partial charge in [0.1, 0.15) is 18.0 Å². The van der Waals surface area contributed by atoms with Crippen molar-refractivity contribution in [3.05, 3.63) is 11.9 Å². The summed E-state index contributed by atoms with van der Waals surface area (Å²) in [6.07, 6.45) is 4.25. The summed E-state index contributed by atoms with van der Waals surface area (Å²) < 4.78 is 0. The van der Waals surface area contributed by atoms with Crippen molar-refractivity contribution >= 4 is 17.5 Å². The van der Waals surface area contributed by atoms with Gasteiger partial charge in [-0.3, -0.25) is 4.79 Å². The quantitative estimate of drug-likeness (QED) is 0.860. The minimum Gasteiger partial charge on any atom is -0.373 e. The van der Waals surface area contributed by atoms with Crippen molar-refractivity contribution in [1.82, 2.24) is 15.3 Å². The smallest absolute Gasteiger partial charge is 0.222 e. The van der Waals surface area contributed by atoms with Crippen molar-refractivity contribution in [2.45, 2.75) is 26.2 Å². The standard InChI is InChI=1S/C14H23N5O/c1-4-11-12(15-2)17-9-18-13(11)19-7-5-10(6-8-19)14(20)16-3/h9-10H,4-8H2,1-3H3,(H,16,20)(H,15,17,18). The van der Waals surface area contributed by atoms with E-state index in [1.807, 2.05) is 7.05 Å². The lowest BCUT2D eigenvalue weighted by Gasteiger charge is -2.33. The zero-order chi connectivity index (χ0) is 14.5. The largest absolute Gasteiger partial charge is 0.373 e. The fourth-order valence-electron chi connectivity index (χ4n) is 2.77. The Bertz CT molecular complexity index is 469. The molecule has 0 radical (unpaired) electrons. The average Bonchev–Trinajstić information content (AvgIpc) is 2.53. The van der Waals surface area contributed by atoms with E-state index < -0.39 is 0 Å². The highest BCUT2D eigenvalue weighted by atomic mass is 16.1. The van der Waals surface area contributed by atoms with Gasteiger partial charge in [-0.1, -0.05) is 6.92 Å². The maximum absolute atomic E-state index is 11.7. The van der Waals surface area contributed by atoms with Crippen LogP contribution in [0.3, 0.4) is 0 Å². The number of hydrogen-bond donors (Lipinski definition) is 2. The molecule has 1 saturated heterocycles. The van der Waals surface area contributed by atoms with E-state index in [1.165, 1.54) is 0 Å². The third-order valence-electron chi connectivity index (χ3n) is 3.92. The molecule has 2 rings (SSSR count). The molecule has 0 saturated carbocycles. The molecule has 0 unspecified atom stereocenters. The zero-order valence-electron chi connectivity index (χ0n) is 12.4. The fourth-order valence-corrected chi connectivity index (χ4v) is 2.77. The summed E-state index contributed by atoms with van der Waals surface area (Å²) in [4.78, 5) is 22.6. The Morgan fingerprint density at radius 2 is 2.05 bits per heavy atom. The molecule has 2 N–H and O–H groups in total. The molecule has 110 valence electrons. The van der Waals surface area contributed by atoms with Gasteiger partial charge in [0.2, 0.25) is 5.91 Å². The second-order valence-corrected chi connectivity index (χ2v) is 5.00. The van der Waals surface area contributed by atoms with Gasteiger partial charge in [-0.05, 0) is 19.3 Å². The highest BCUT2D eigenvalue weighted by Crippen LogP contribution is 2.27. The number of carbonyl (C=O) groups excluding carboxylic acids is 1. The van der Waals surface area contributed by atoms with E-state index in [-0.39, 0.29) is 11.8 Å². The molecule has 1 fully saturated rings. The van der Waals surface area contributed by atoms with E-state index in [1.54, 1.807) is 13.4 Å². The molecule has 1 aromatic rings. The minimum absolute atomic E-state index is 0.131. The zero-order valence-corrected chi connectivity index (χ0v) is 12.4. The van der Waals surface area contributed by atoms with Crippen molar-refractivity contribution in [2.75, 3.05) is 37.4 Å². The van der Waals surface area contributed by atoms with Crippen molar-refractivity contribution < 1.29 is 4.79 Å². The van der Waals surface area contributed by atoms with Crippen LogP contribution in [0.2, 0.25) is 0 Å². The van der Waals surface area contributed by atoms with E-state index in [0.29, 0.717) is 0 Å². The van der Waals surface area contributed by atoms with Gasteiger partial charge < -0.3 is 15.5 Å². The number of anilines is 2. The molecule has 0 aromatic carbocycles. The van der Waals surface area contributed by atoms with Crippen LogP contribution >= 0.6 is 0 Å². The van der Waals surface area contributed by atoms with Crippen LogP contribution in [-0.4, -0.2) is 43.1 Å². The van der Waals surface area contributed by atoms with Crippen LogP contribution in [0.1, 0.15) is 25.3 Å². The van der Waals surface area contributed by atoms with Gasteiger partial charge in [-0.2, -0.15) is 0 Å². The highest BCUT2D eigenvalue weighted by molar-refractivity contribution is 5.78. The van der Waals surface area contributed by atoms with Crippen LogP contribution in [0.5, 0.6) is 0 Å². The lowest BCUT2D eigenvalue weighted by Crippen LogP contribution is -2.40. The van der Waals surface area contributed by atoms with Gasteiger partial charge in [-0.25, -0.2) is 9.97 Å². The average molecular weight is 277 g/mol. The number of piperidine rings is 1. The molecule has 6 heteroatoms. The number of nitrogens with one attached hydrogen (secondary N) is 2. The summed E-state index contributed by atoms with van der Waals surface area (Å²) in [7, 11) is 3.58. The van der Waals surface area contributed by atoms with Crippen LogP contribution in [0, 0.1) is 5.92 Å². The summed E-state index contributed by atoms with van der Waals surface area (Å²) in [5.74, 6) is 2.18. The molecule has 2 heterocycles. The van der Waals surface area contributed by atoms with Crippen LogP contribution in [0.25, 0.3) is 0 Å². The van der Waals surface area contributed by atoms with Crippen molar-refractivity contribution in [3.63, 3.8) is 0 Å². The molecule has 1 aromatic heterocycles. The fraction of sp³-hybridized carbons (Fsp3) is 0.643. The number of carbonyl (C=O) groups is 1. The number of aromatic nitrogens is 2. The number of rotatable bonds is 4. The number of amides is 1. The molecule has 0 aliphatic carbocycles. The van der Waals surface area contributed by atoms with Gasteiger partial charge in [0.15, 0.2) is 0 Å². The van der Waals surface area contributed by atoms with E-state index >= 15 is 0 Å². The molecule has 0 atom stereocenters. The van der Waals surface area contributed by atoms with Gasteiger partial charge >= 0.3 is 0 Å². The Balaban J connectivity index is 2.12. The highest BCUT2D eigenvalue weighted by Gasteiger charge is 2.26. The first kappa shape index (κ1) is 14.6. The molecular formula is C14H23N5O. The molecule has 20 heavy (non-hydrogen) atoms. The maximum Gasteiger partial charge on any atom is 0.222 e. The van der Waals surface area contributed by atoms with Gasteiger partial charge in [0, 0.05) is 38.7 Å². The van der Waals surface area contributed by atoms with Gasteiger partial charge in [-0.15, -0.1) is 0 Å². The van der Waals surface area contributed by atoms with Crippen molar-refractivity contribution in [1.29, 1.82) is 0 Å². The topological polar surface area (TPSA) is 70.2 Å². The second kappa shape index (κ2) is 6.54. The normalized spacial score (nSPS) is 16.1. The first-order chi connectivity index (χ1) is 9.71. The third kappa shape index (κ3) is 2.84.